The summed E-state index contributed by atoms with van der Waals surface area (Å²) < 4.78 is 44.8. The monoisotopic (exact) mass is 304 g/mol. The summed E-state index contributed by atoms with van der Waals surface area (Å²) in [6.45, 7) is 0. The van der Waals surface area contributed by atoms with E-state index in [1.54, 1.807) is 42.5 Å². The molecular weight excluding hydrogens is 289 g/mol. The van der Waals surface area contributed by atoms with Gasteiger partial charge in [-0.15, -0.1) is 0 Å². The van der Waals surface area contributed by atoms with Gasteiger partial charge < -0.3 is 4.74 Å². The molecule has 1 saturated carbocycles. The largest absolute Gasteiger partial charge is 0.454 e. The predicted octanol–water partition coefficient (Wildman–Crippen LogP) is 5.37. The highest BCUT2D eigenvalue weighted by molar-refractivity contribution is 5.36. The third-order valence-corrected chi connectivity index (χ3v) is 3.56. The van der Waals surface area contributed by atoms with Gasteiger partial charge in [0.1, 0.15) is 5.75 Å². The molecule has 2 aromatic rings. The molecule has 1 atom stereocenters. The fourth-order valence-electron chi connectivity index (χ4n) is 2.18. The lowest BCUT2D eigenvalue weighted by Gasteiger charge is -2.08. The van der Waals surface area contributed by atoms with Crippen LogP contribution >= 0.6 is 0 Å². The molecule has 0 saturated heterocycles. The Labute approximate surface area is 127 Å². The number of hydrogen-bond donors (Lipinski definition) is 0. The van der Waals surface area contributed by atoms with Gasteiger partial charge in [-0.1, -0.05) is 36.4 Å². The molecule has 0 amide bonds. The molecule has 3 rings (SSSR count). The Bertz CT molecular complexity index is 680. The standard InChI is InChI=1S/C18H15F3O/c19-16-10-9-13(5-4-6-14-12-18(14,20)21)11-17(16)22-15-7-2-1-3-8-15/h1-4,6-11,14H,5,12H2/b6-4+. The first kappa shape index (κ1) is 14.7. The minimum atomic E-state index is -2.54. The van der Waals surface area contributed by atoms with Crippen LogP contribution in [0.25, 0.3) is 0 Å². The highest BCUT2D eigenvalue weighted by Gasteiger charge is 2.54. The average molecular weight is 304 g/mol. The molecule has 0 radical (unpaired) electrons. The van der Waals surface area contributed by atoms with Crippen molar-refractivity contribution in [2.24, 2.45) is 5.92 Å². The second-order valence-electron chi connectivity index (χ2n) is 5.38. The van der Waals surface area contributed by atoms with Gasteiger partial charge in [-0.2, -0.15) is 0 Å². The van der Waals surface area contributed by atoms with E-state index >= 15 is 0 Å². The summed E-state index contributed by atoms with van der Waals surface area (Å²) in [6.07, 6.45) is 3.62. The van der Waals surface area contributed by atoms with Crippen LogP contribution in [0.5, 0.6) is 11.5 Å². The molecule has 1 nitrogen and oxygen atoms in total. The Kier molecular flexibility index (Phi) is 3.92. The quantitative estimate of drug-likeness (QED) is 0.675. The number of hydrogen-bond acceptors (Lipinski definition) is 1. The lowest BCUT2D eigenvalue weighted by Crippen LogP contribution is -1.92. The minimum Gasteiger partial charge on any atom is -0.454 e. The smallest absolute Gasteiger partial charge is 0.255 e. The summed E-state index contributed by atoms with van der Waals surface area (Å²) in [5, 5.41) is 0. The zero-order valence-corrected chi connectivity index (χ0v) is 11.8. The summed E-state index contributed by atoms with van der Waals surface area (Å²) in [6, 6.07) is 13.5. The topological polar surface area (TPSA) is 9.23 Å². The van der Waals surface area contributed by atoms with Crippen LogP contribution in [0.1, 0.15) is 12.0 Å². The van der Waals surface area contributed by atoms with Crippen LogP contribution in [0.3, 0.4) is 0 Å². The molecule has 4 heteroatoms. The van der Waals surface area contributed by atoms with Gasteiger partial charge >= 0.3 is 0 Å². The van der Waals surface area contributed by atoms with Gasteiger partial charge in [0, 0.05) is 12.3 Å². The molecule has 2 aromatic carbocycles. The normalized spacial score (nSPS) is 19.3. The van der Waals surface area contributed by atoms with Crippen LogP contribution < -0.4 is 4.74 Å². The van der Waals surface area contributed by atoms with E-state index < -0.39 is 17.7 Å². The molecule has 0 N–H and O–H groups in total. The van der Waals surface area contributed by atoms with Crippen molar-refractivity contribution < 1.29 is 17.9 Å². The van der Waals surface area contributed by atoms with Crippen LogP contribution in [-0.2, 0) is 6.42 Å². The van der Waals surface area contributed by atoms with E-state index in [-0.39, 0.29) is 12.2 Å². The van der Waals surface area contributed by atoms with E-state index in [1.807, 2.05) is 6.07 Å². The Morgan fingerprint density at radius 2 is 1.86 bits per heavy atom. The first-order valence-electron chi connectivity index (χ1n) is 7.10. The summed E-state index contributed by atoms with van der Waals surface area (Å²) >= 11 is 0. The summed E-state index contributed by atoms with van der Waals surface area (Å²) in [5.41, 5.74) is 0.813. The minimum absolute atomic E-state index is 0.0741. The maximum absolute atomic E-state index is 13.8. The van der Waals surface area contributed by atoms with Crippen LogP contribution in [0.4, 0.5) is 13.2 Å². The zero-order valence-electron chi connectivity index (χ0n) is 11.8. The molecule has 0 aromatic heterocycles. The molecule has 22 heavy (non-hydrogen) atoms. The number of benzene rings is 2. The Morgan fingerprint density at radius 3 is 2.55 bits per heavy atom. The highest BCUT2D eigenvalue weighted by atomic mass is 19.3. The molecule has 0 heterocycles. The Morgan fingerprint density at radius 1 is 1.14 bits per heavy atom. The van der Waals surface area contributed by atoms with Crippen LogP contribution in [-0.4, -0.2) is 5.92 Å². The Balaban J connectivity index is 1.67. The number of allylic oxidation sites excluding steroid dienone is 2. The van der Waals surface area contributed by atoms with Gasteiger partial charge in [-0.25, -0.2) is 13.2 Å². The molecule has 0 bridgehead atoms. The van der Waals surface area contributed by atoms with E-state index in [0.29, 0.717) is 12.2 Å². The fraction of sp³-hybridized carbons (Fsp3) is 0.222. The van der Waals surface area contributed by atoms with E-state index in [0.717, 1.165) is 5.56 Å². The van der Waals surface area contributed by atoms with Crippen molar-refractivity contribution in [3.8, 4) is 11.5 Å². The second kappa shape index (κ2) is 5.87. The number of ether oxygens (including phenoxy) is 1. The van der Waals surface area contributed by atoms with Gasteiger partial charge in [-0.3, -0.25) is 0 Å². The molecule has 0 aliphatic heterocycles. The van der Waals surface area contributed by atoms with E-state index in [9.17, 15) is 13.2 Å². The molecule has 114 valence electrons. The third-order valence-electron chi connectivity index (χ3n) is 3.56. The van der Waals surface area contributed by atoms with Gasteiger partial charge in [0.25, 0.3) is 5.92 Å². The van der Waals surface area contributed by atoms with Crippen molar-refractivity contribution in [3.05, 3.63) is 72.1 Å². The second-order valence-corrected chi connectivity index (χ2v) is 5.38. The molecule has 1 aliphatic carbocycles. The lowest BCUT2D eigenvalue weighted by molar-refractivity contribution is 0.107. The van der Waals surface area contributed by atoms with Crippen molar-refractivity contribution in [1.82, 2.24) is 0 Å². The fourth-order valence-corrected chi connectivity index (χ4v) is 2.18. The lowest BCUT2D eigenvalue weighted by atomic mass is 10.1. The van der Waals surface area contributed by atoms with Crippen molar-refractivity contribution in [2.45, 2.75) is 18.8 Å². The van der Waals surface area contributed by atoms with Crippen molar-refractivity contribution in [2.75, 3.05) is 0 Å². The predicted molar refractivity (Wildman–Crippen MR) is 78.8 cm³/mol. The average Bonchev–Trinajstić information content (AvgIpc) is 3.11. The molecule has 1 fully saturated rings. The Hall–Kier alpha value is -2.23. The summed E-state index contributed by atoms with van der Waals surface area (Å²) in [5.74, 6) is -2.96. The van der Waals surface area contributed by atoms with Gasteiger partial charge in [-0.05, 0) is 36.2 Å². The first-order valence-corrected chi connectivity index (χ1v) is 7.10. The SMILES string of the molecule is Fc1ccc(C/C=C/C2CC2(F)F)cc1Oc1ccccc1. The van der Waals surface area contributed by atoms with Crippen LogP contribution in [0.15, 0.2) is 60.7 Å². The molecule has 1 unspecified atom stereocenters. The molecule has 0 spiro atoms. The van der Waals surface area contributed by atoms with Crippen molar-refractivity contribution in [3.63, 3.8) is 0 Å². The number of halogens is 3. The van der Waals surface area contributed by atoms with Crippen molar-refractivity contribution in [1.29, 1.82) is 0 Å². The van der Waals surface area contributed by atoms with Crippen LogP contribution in [0, 0.1) is 11.7 Å². The summed E-state index contributed by atoms with van der Waals surface area (Å²) in [4.78, 5) is 0. The van der Waals surface area contributed by atoms with E-state index in [1.165, 1.54) is 12.1 Å². The molecule has 1 aliphatic rings. The van der Waals surface area contributed by atoms with Crippen LogP contribution in [0.2, 0.25) is 0 Å². The number of rotatable bonds is 5. The van der Waals surface area contributed by atoms with Gasteiger partial charge in [0.05, 0.1) is 0 Å². The number of alkyl halides is 2. The van der Waals surface area contributed by atoms with E-state index in [2.05, 4.69) is 0 Å². The van der Waals surface area contributed by atoms with E-state index in [4.69, 9.17) is 4.74 Å². The van der Waals surface area contributed by atoms with Gasteiger partial charge in [0.15, 0.2) is 11.6 Å². The number of para-hydroxylation sites is 1. The maximum atomic E-state index is 13.8. The third kappa shape index (κ3) is 3.50. The maximum Gasteiger partial charge on any atom is 0.255 e. The molecular formula is C18H15F3O. The first-order chi connectivity index (χ1) is 10.5. The highest BCUT2D eigenvalue weighted by Crippen LogP contribution is 2.49. The summed E-state index contributed by atoms with van der Waals surface area (Å²) in [7, 11) is 0. The zero-order chi connectivity index (χ0) is 15.6. The van der Waals surface area contributed by atoms with Crippen molar-refractivity contribution >= 4 is 0 Å². The van der Waals surface area contributed by atoms with Gasteiger partial charge in [0.2, 0.25) is 0 Å².